The quantitative estimate of drug-likeness (QED) is 0.607. The summed E-state index contributed by atoms with van der Waals surface area (Å²) in [5.41, 5.74) is 4.55. The molecule has 1 aliphatic rings. The Morgan fingerprint density at radius 2 is 2.00 bits per heavy atom. The molecule has 134 valence electrons. The molecule has 2 heterocycles. The monoisotopic (exact) mass is 372 g/mol. The predicted octanol–water partition coefficient (Wildman–Crippen LogP) is 5.27. The topological polar surface area (TPSA) is 8.17 Å². The summed E-state index contributed by atoms with van der Waals surface area (Å²) < 4.78 is 29.6. The third-order valence-corrected chi connectivity index (χ3v) is 5.30. The van der Waals surface area contributed by atoms with Crippen LogP contribution in [0.3, 0.4) is 0 Å². The summed E-state index contributed by atoms with van der Waals surface area (Å²) in [6.45, 7) is 6.34. The Bertz CT molecular complexity index is 1020. The summed E-state index contributed by atoms with van der Waals surface area (Å²) in [6.07, 6.45) is 0.914. The molecule has 0 aliphatic carbocycles. The number of allylic oxidation sites excluding steroid dienone is 1. The standard InChI is InChI=1S/C21H19ClF2N2/c1-13(16-5-4-15(23)10-19(16)24)11-26-20-6-3-14(22)9-17(20)18-12-25(2)8-7-21(18)26/h3-6,9-10H,1,7-8,11-12H2,2H3. The first kappa shape index (κ1) is 17.3. The van der Waals surface area contributed by atoms with Crippen molar-refractivity contribution in [1.82, 2.24) is 9.47 Å². The van der Waals surface area contributed by atoms with Crippen LogP contribution < -0.4 is 0 Å². The molecule has 0 saturated heterocycles. The Morgan fingerprint density at radius 1 is 1.19 bits per heavy atom. The van der Waals surface area contributed by atoms with Crippen molar-refractivity contribution in [1.29, 1.82) is 0 Å². The van der Waals surface area contributed by atoms with Crippen molar-refractivity contribution in [2.75, 3.05) is 13.6 Å². The molecular weight excluding hydrogens is 354 g/mol. The average Bonchev–Trinajstić information content (AvgIpc) is 2.87. The van der Waals surface area contributed by atoms with Gasteiger partial charge in [-0.05, 0) is 48.5 Å². The molecule has 26 heavy (non-hydrogen) atoms. The van der Waals surface area contributed by atoms with E-state index < -0.39 is 11.6 Å². The van der Waals surface area contributed by atoms with Crippen molar-refractivity contribution in [3.05, 3.63) is 76.5 Å². The maximum absolute atomic E-state index is 14.2. The van der Waals surface area contributed by atoms with Crippen LogP contribution in [-0.2, 0) is 19.5 Å². The molecule has 0 bridgehead atoms. The predicted molar refractivity (Wildman–Crippen MR) is 102 cm³/mol. The normalized spacial score (nSPS) is 14.6. The maximum atomic E-state index is 14.2. The van der Waals surface area contributed by atoms with E-state index in [9.17, 15) is 8.78 Å². The van der Waals surface area contributed by atoms with Crippen molar-refractivity contribution in [3.8, 4) is 0 Å². The molecule has 0 spiro atoms. The number of rotatable bonds is 3. The third-order valence-electron chi connectivity index (χ3n) is 5.07. The van der Waals surface area contributed by atoms with Crippen LogP contribution in [0.4, 0.5) is 8.78 Å². The number of hydrogen-bond donors (Lipinski definition) is 0. The van der Waals surface area contributed by atoms with E-state index in [1.807, 2.05) is 18.2 Å². The van der Waals surface area contributed by atoms with Crippen LogP contribution in [0.15, 0.2) is 43.0 Å². The van der Waals surface area contributed by atoms with Crippen molar-refractivity contribution in [2.24, 2.45) is 0 Å². The Labute approximate surface area is 156 Å². The van der Waals surface area contributed by atoms with Crippen LogP contribution in [0.2, 0.25) is 5.02 Å². The van der Waals surface area contributed by atoms with E-state index in [0.717, 1.165) is 36.5 Å². The molecule has 1 aliphatic heterocycles. The minimum absolute atomic E-state index is 0.351. The number of benzene rings is 2. The molecule has 2 nitrogen and oxygen atoms in total. The fraction of sp³-hybridized carbons (Fsp3) is 0.238. The molecular formula is C21H19ClF2N2. The number of likely N-dealkylation sites (N-methyl/N-ethyl adjacent to an activating group) is 1. The maximum Gasteiger partial charge on any atom is 0.133 e. The number of halogens is 3. The van der Waals surface area contributed by atoms with E-state index in [1.165, 1.54) is 23.4 Å². The summed E-state index contributed by atoms with van der Waals surface area (Å²) in [6, 6.07) is 9.49. The number of hydrogen-bond acceptors (Lipinski definition) is 1. The first-order chi connectivity index (χ1) is 12.4. The van der Waals surface area contributed by atoms with Crippen LogP contribution in [0.25, 0.3) is 16.5 Å². The van der Waals surface area contributed by atoms with Crippen LogP contribution >= 0.6 is 11.6 Å². The highest BCUT2D eigenvalue weighted by molar-refractivity contribution is 6.31. The van der Waals surface area contributed by atoms with Gasteiger partial charge in [0.15, 0.2) is 0 Å². The van der Waals surface area contributed by atoms with Gasteiger partial charge in [0, 0.05) is 59.3 Å². The van der Waals surface area contributed by atoms with Gasteiger partial charge < -0.3 is 9.47 Å². The van der Waals surface area contributed by atoms with E-state index in [4.69, 9.17) is 11.6 Å². The molecule has 0 unspecified atom stereocenters. The summed E-state index contributed by atoms with van der Waals surface area (Å²) >= 11 is 6.22. The highest BCUT2D eigenvalue weighted by Gasteiger charge is 2.23. The molecule has 0 atom stereocenters. The summed E-state index contributed by atoms with van der Waals surface area (Å²) in [7, 11) is 2.10. The van der Waals surface area contributed by atoms with Crippen molar-refractivity contribution < 1.29 is 8.78 Å². The highest BCUT2D eigenvalue weighted by Crippen LogP contribution is 2.34. The van der Waals surface area contributed by atoms with Gasteiger partial charge in [-0.1, -0.05) is 18.2 Å². The van der Waals surface area contributed by atoms with Crippen molar-refractivity contribution in [3.63, 3.8) is 0 Å². The SMILES string of the molecule is C=C(Cn1c2c(c3cc(Cl)ccc31)CN(C)CC2)c1ccc(F)cc1F. The van der Waals surface area contributed by atoms with E-state index in [1.54, 1.807) is 0 Å². The van der Waals surface area contributed by atoms with Crippen LogP contribution in [0, 0.1) is 11.6 Å². The van der Waals surface area contributed by atoms with Crippen molar-refractivity contribution >= 4 is 28.1 Å². The Morgan fingerprint density at radius 3 is 2.77 bits per heavy atom. The molecule has 0 saturated carbocycles. The first-order valence-electron chi connectivity index (χ1n) is 8.55. The Hall–Kier alpha value is -2.17. The molecule has 0 amide bonds. The zero-order valence-electron chi connectivity index (χ0n) is 14.5. The summed E-state index contributed by atoms with van der Waals surface area (Å²) in [5, 5.41) is 1.83. The van der Waals surface area contributed by atoms with Crippen molar-refractivity contribution in [2.45, 2.75) is 19.5 Å². The van der Waals surface area contributed by atoms with Gasteiger partial charge in [-0.25, -0.2) is 8.78 Å². The van der Waals surface area contributed by atoms with E-state index in [0.29, 0.717) is 22.7 Å². The minimum Gasteiger partial charge on any atom is -0.340 e. The molecule has 4 rings (SSSR count). The van der Waals surface area contributed by atoms with Gasteiger partial charge in [-0.15, -0.1) is 0 Å². The van der Waals surface area contributed by atoms with Gasteiger partial charge in [0.25, 0.3) is 0 Å². The number of nitrogens with zero attached hydrogens (tertiary/aromatic N) is 2. The summed E-state index contributed by atoms with van der Waals surface area (Å²) in [5.74, 6) is -1.16. The number of fused-ring (bicyclic) bond motifs is 3. The van der Waals surface area contributed by atoms with Gasteiger partial charge in [-0.3, -0.25) is 0 Å². The third kappa shape index (κ3) is 2.93. The van der Waals surface area contributed by atoms with Gasteiger partial charge in [0.1, 0.15) is 11.6 Å². The summed E-state index contributed by atoms with van der Waals surface area (Å²) in [4.78, 5) is 2.28. The molecule has 1 aromatic heterocycles. The molecule has 0 N–H and O–H groups in total. The lowest BCUT2D eigenvalue weighted by Crippen LogP contribution is -2.27. The lowest BCUT2D eigenvalue weighted by Gasteiger charge is -2.24. The van der Waals surface area contributed by atoms with Gasteiger partial charge in [0.05, 0.1) is 0 Å². The fourth-order valence-corrected chi connectivity index (χ4v) is 3.96. The van der Waals surface area contributed by atoms with Gasteiger partial charge in [-0.2, -0.15) is 0 Å². The average molecular weight is 373 g/mol. The van der Waals surface area contributed by atoms with Crippen LogP contribution in [0.1, 0.15) is 16.8 Å². The molecule has 2 aromatic carbocycles. The molecule has 3 aromatic rings. The van der Waals surface area contributed by atoms with Crippen LogP contribution in [0.5, 0.6) is 0 Å². The molecule has 5 heteroatoms. The van der Waals surface area contributed by atoms with Gasteiger partial charge >= 0.3 is 0 Å². The number of aromatic nitrogens is 1. The zero-order chi connectivity index (χ0) is 18.4. The second-order valence-electron chi connectivity index (χ2n) is 6.89. The van der Waals surface area contributed by atoms with Gasteiger partial charge in [0.2, 0.25) is 0 Å². The fourth-order valence-electron chi connectivity index (χ4n) is 3.79. The largest absolute Gasteiger partial charge is 0.340 e. The van der Waals surface area contributed by atoms with E-state index >= 15 is 0 Å². The highest BCUT2D eigenvalue weighted by atomic mass is 35.5. The smallest absolute Gasteiger partial charge is 0.133 e. The lowest BCUT2D eigenvalue weighted by molar-refractivity contribution is 0.310. The second kappa shape index (κ2) is 6.53. The van der Waals surface area contributed by atoms with E-state index in [-0.39, 0.29) is 0 Å². The second-order valence-corrected chi connectivity index (χ2v) is 7.32. The van der Waals surface area contributed by atoms with Crippen LogP contribution in [-0.4, -0.2) is 23.1 Å². The first-order valence-corrected chi connectivity index (χ1v) is 8.93. The molecule has 0 radical (unpaired) electrons. The lowest BCUT2D eigenvalue weighted by atomic mass is 10.0. The Balaban J connectivity index is 1.80. The Kier molecular flexibility index (Phi) is 4.33. The molecule has 0 fully saturated rings. The van der Waals surface area contributed by atoms with E-state index in [2.05, 4.69) is 23.1 Å². The zero-order valence-corrected chi connectivity index (χ0v) is 15.3. The minimum atomic E-state index is -0.583.